The van der Waals surface area contributed by atoms with Crippen LogP contribution in [0.3, 0.4) is 0 Å². The van der Waals surface area contributed by atoms with E-state index in [9.17, 15) is 4.79 Å². The zero-order valence-electron chi connectivity index (χ0n) is 5.78. The van der Waals surface area contributed by atoms with Crippen LogP contribution in [0, 0.1) is 0 Å². The summed E-state index contributed by atoms with van der Waals surface area (Å²) in [5, 5.41) is 13.0. The summed E-state index contributed by atoms with van der Waals surface area (Å²) in [7, 11) is 0. The van der Waals surface area contributed by atoms with E-state index >= 15 is 0 Å². The highest BCUT2D eigenvalue weighted by molar-refractivity contribution is 7.11. The second kappa shape index (κ2) is 4.05. The topological polar surface area (TPSA) is 62.2 Å². The van der Waals surface area contributed by atoms with Crippen molar-refractivity contribution in [3.05, 3.63) is 16.6 Å². The molecule has 0 saturated heterocycles. The Morgan fingerprint density at radius 1 is 1.82 bits per heavy atom. The van der Waals surface area contributed by atoms with Crippen LogP contribution in [0.15, 0.2) is 11.6 Å². The molecule has 5 heteroatoms. The summed E-state index contributed by atoms with van der Waals surface area (Å²) in [5.41, 5.74) is 0. The van der Waals surface area contributed by atoms with Crippen LogP contribution >= 0.6 is 11.3 Å². The SMILES string of the molecule is O=C(NCCO)c1nccs1. The van der Waals surface area contributed by atoms with Gasteiger partial charge in [-0.15, -0.1) is 11.3 Å². The van der Waals surface area contributed by atoms with E-state index in [4.69, 9.17) is 5.11 Å². The Hall–Kier alpha value is -0.940. The minimum absolute atomic E-state index is 0.0445. The van der Waals surface area contributed by atoms with E-state index < -0.39 is 0 Å². The lowest BCUT2D eigenvalue weighted by Crippen LogP contribution is -2.26. The number of hydrogen-bond donors (Lipinski definition) is 2. The van der Waals surface area contributed by atoms with Crippen molar-refractivity contribution in [3.63, 3.8) is 0 Å². The van der Waals surface area contributed by atoms with Crippen molar-refractivity contribution < 1.29 is 9.90 Å². The molecule has 2 N–H and O–H groups in total. The molecule has 1 rings (SSSR count). The molecule has 0 saturated carbocycles. The van der Waals surface area contributed by atoms with Crippen LogP contribution in [0.2, 0.25) is 0 Å². The van der Waals surface area contributed by atoms with Gasteiger partial charge in [0, 0.05) is 18.1 Å². The quantitative estimate of drug-likeness (QED) is 0.667. The van der Waals surface area contributed by atoms with Gasteiger partial charge in [-0.2, -0.15) is 0 Å². The van der Waals surface area contributed by atoms with Gasteiger partial charge in [-0.1, -0.05) is 0 Å². The maximum Gasteiger partial charge on any atom is 0.280 e. The molecule has 0 aliphatic heterocycles. The summed E-state index contributed by atoms with van der Waals surface area (Å²) in [6, 6.07) is 0. The molecule has 0 bridgehead atoms. The summed E-state index contributed by atoms with van der Waals surface area (Å²) >= 11 is 1.28. The smallest absolute Gasteiger partial charge is 0.280 e. The lowest BCUT2D eigenvalue weighted by atomic mass is 10.6. The lowest BCUT2D eigenvalue weighted by Gasteiger charge is -1.97. The van der Waals surface area contributed by atoms with Crippen molar-refractivity contribution in [1.29, 1.82) is 0 Å². The lowest BCUT2D eigenvalue weighted by molar-refractivity contribution is 0.0944. The first-order chi connectivity index (χ1) is 5.34. The number of nitrogens with one attached hydrogen (secondary N) is 1. The monoisotopic (exact) mass is 172 g/mol. The third-order valence-corrected chi connectivity index (χ3v) is 1.80. The Labute approximate surface area is 67.9 Å². The van der Waals surface area contributed by atoms with Crippen LogP contribution in [-0.4, -0.2) is 29.1 Å². The molecular formula is C6H8N2O2S. The van der Waals surface area contributed by atoms with Gasteiger partial charge < -0.3 is 10.4 Å². The maximum absolute atomic E-state index is 11.0. The Morgan fingerprint density at radius 3 is 3.18 bits per heavy atom. The first-order valence-corrected chi connectivity index (χ1v) is 4.01. The highest BCUT2D eigenvalue weighted by Gasteiger charge is 2.05. The number of aliphatic hydroxyl groups is 1. The molecule has 0 aromatic carbocycles. The molecule has 60 valence electrons. The minimum Gasteiger partial charge on any atom is -0.395 e. The number of hydrogen-bond acceptors (Lipinski definition) is 4. The maximum atomic E-state index is 11.0. The molecule has 0 unspecified atom stereocenters. The molecule has 1 aromatic heterocycles. The third-order valence-electron chi connectivity index (χ3n) is 1.02. The van der Waals surface area contributed by atoms with Gasteiger partial charge in [-0.25, -0.2) is 4.98 Å². The normalized spacial score (nSPS) is 9.55. The summed E-state index contributed by atoms with van der Waals surface area (Å²) in [5.74, 6) is -0.228. The van der Waals surface area contributed by atoms with E-state index in [0.29, 0.717) is 5.01 Å². The molecule has 1 aromatic rings. The van der Waals surface area contributed by atoms with Crippen LogP contribution in [0.4, 0.5) is 0 Å². The molecule has 0 fully saturated rings. The van der Waals surface area contributed by atoms with E-state index in [0.717, 1.165) is 0 Å². The van der Waals surface area contributed by atoms with Crippen molar-refractivity contribution in [2.24, 2.45) is 0 Å². The van der Waals surface area contributed by atoms with E-state index in [1.165, 1.54) is 11.3 Å². The molecule has 0 atom stereocenters. The van der Waals surface area contributed by atoms with Crippen molar-refractivity contribution in [3.8, 4) is 0 Å². The zero-order chi connectivity index (χ0) is 8.10. The highest BCUT2D eigenvalue weighted by Crippen LogP contribution is 2.02. The van der Waals surface area contributed by atoms with Crippen molar-refractivity contribution in [1.82, 2.24) is 10.3 Å². The minimum atomic E-state index is -0.228. The predicted molar refractivity (Wildman–Crippen MR) is 41.5 cm³/mol. The van der Waals surface area contributed by atoms with Gasteiger partial charge in [-0.3, -0.25) is 4.79 Å². The fraction of sp³-hybridized carbons (Fsp3) is 0.333. The third kappa shape index (κ3) is 2.28. The number of aromatic nitrogens is 1. The fourth-order valence-electron chi connectivity index (χ4n) is 0.581. The second-order valence-corrected chi connectivity index (χ2v) is 2.71. The van der Waals surface area contributed by atoms with Crippen LogP contribution in [0.25, 0.3) is 0 Å². The number of nitrogens with zero attached hydrogens (tertiary/aromatic N) is 1. The summed E-state index contributed by atoms with van der Waals surface area (Å²) in [6.45, 7) is 0.232. The van der Waals surface area contributed by atoms with Crippen LogP contribution < -0.4 is 5.32 Å². The van der Waals surface area contributed by atoms with Gasteiger partial charge in [0.25, 0.3) is 5.91 Å². The Kier molecular flexibility index (Phi) is 3.00. The van der Waals surface area contributed by atoms with E-state index in [2.05, 4.69) is 10.3 Å². The molecule has 11 heavy (non-hydrogen) atoms. The Balaban J connectivity index is 2.43. The number of rotatable bonds is 3. The molecule has 1 amide bonds. The molecule has 0 aliphatic carbocycles. The number of aliphatic hydroxyl groups excluding tert-OH is 1. The zero-order valence-corrected chi connectivity index (χ0v) is 6.60. The summed E-state index contributed by atoms with van der Waals surface area (Å²) < 4.78 is 0. The Morgan fingerprint density at radius 2 is 2.64 bits per heavy atom. The molecule has 0 radical (unpaired) electrons. The molecule has 0 spiro atoms. The number of thiazole rings is 1. The van der Waals surface area contributed by atoms with Crippen LogP contribution in [-0.2, 0) is 0 Å². The van der Waals surface area contributed by atoms with Crippen molar-refractivity contribution >= 4 is 17.2 Å². The molecular weight excluding hydrogens is 164 g/mol. The van der Waals surface area contributed by atoms with Gasteiger partial charge >= 0.3 is 0 Å². The molecule has 4 nitrogen and oxygen atoms in total. The highest BCUT2D eigenvalue weighted by atomic mass is 32.1. The summed E-state index contributed by atoms with van der Waals surface area (Å²) in [6.07, 6.45) is 1.57. The largest absolute Gasteiger partial charge is 0.395 e. The van der Waals surface area contributed by atoms with Crippen molar-refractivity contribution in [2.75, 3.05) is 13.2 Å². The van der Waals surface area contributed by atoms with Crippen LogP contribution in [0.1, 0.15) is 9.80 Å². The number of carbonyl (C=O) groups is 1. The van der Waals surface area contributed by atoms with Gasteiger partial charge in [0.05, 0.1) is 6.61 Å². The molecule has 0 aliphatic rings. The van der Waals surface area contributed by atoms with E-state index in [1.54, 1.807) is 11.6 Å². The van der Waals surface area contributed by atoms with E-state index in [1.807, 2.05) is 0 Å². The van der Waals surface area contributed by atoms with Crippen LogP contribution in [0.5, 0.6) is 0 Å². The Bertz CT molecular complexity index is 222. The summed E-state index contributed by atoms with van der Waals surface area (Å²) in [4.78, 5) is 14.8. The van der Waals surface area contributed by atoms with Gasteiger partial charge in [-0.05, 0) is 0 Å². The average Bonchev–Trinajstić information content (AvgIpc) is 2.52. The van der Waals surface area contributed by atoms with Gasteiger partial charge in [0.2, 0.25) is 0 Å². The van der Waals surface area contributed by atoms with Gasteiger partial charge in [0.15, 0.2) is 5.01 Å². The average molecular weight is 172 g/mol. The van der Waals surface area contributed by atoms with Gasteiger partial charge in [0.1, 0.15) is 0 Å². The number of carbonyl (C=O) groups excluding carboxylic acids is 1. The molecule has 1 heterocycles. The van der Waals surface area contributed by atoms with Crippen molar-refractivity contribution in [2.45, 2.75) is 0 Å². The second-order valence-electron chi connectivity index (χ2n) is 1.82. The fourth-order valence-corrected chi connectivity index (χ4v) is 1.13. The standard InChI is InChI=1S/C6H8N2O2S/c9-3-1-7-5(10)6-8-2-4-11-6/h2,4,9H,1,3H2,(H,7,10). The van der Waals surface area contributed by atoms with E-state index in [-0.39, 0.29) is 19.1 Å². The first-order valence-electron chi connectivity index (χ1n) is 3.13. The predicted octanol–water partition coefficient (Wildman–Crippen LogP) is -0.135. The number of amides is 1. The first kappa shape index (κ1) is 8.16.